The van der Waals surface area contributed by atoms with E-state index in [4.69, 9.17) is 0 Å². The summed E-state index contributed by atoms with van der Waals surface area (Å²) < 4.78 is 85.2. The van der Waals surface area contributed by atoms with Crippen molar-refractivity contribution in [3.05, 3.63) is 29.1 Å². The van der Waals surface area contributed by atoms with E-state index >= 15 is 0 Å². The third kappa shape index (κ3) is 1.74. The van der Waals surface area contributed by atoms with E-state index in [1.165, 1.54) is 0 Å². The number of hydrazine groups is 1. The molecule has 0 saturated carbocycles. The van der Waals surface area contributed by atoms with Crippen LogP contribution in [0.2, 0.25) is 0 Å². The van der Waals surface area contributed by atoms with Crippen molar-refractivity contribution in [1.29, 1.82) is 0 Å². The molecule has 0 aliphatic heterocycles. The first kappa shape index (κ1) is 12.8. The molecule has 4 nitrogen and oxygen atoms in total. The third-order valence-corrected chi connectivity index (χ3v) is 2.80. The van der Waals surface area contributed by atoms with Crippen molar-refractivity contribution >= 4 is 10.0 Å². The van der Waals surface area contributed by atoms with Gasteiger partial charge < -0.3 is 0 Å². The fourth-order valence-corrected chi connectivity index (χ4v) is 1.65. The minimum absolute atomic E-state index is 0.950. The van der Waals surface area contributed by atoms with Crippen molar-refractivity contribution < 1.29 is 30.4 Å². The van der Waals surface area contributed by atoms with Gasteiger partial charge in [-0.25, -0.2) is 30.4 Å². The maximum absolute atomic E-state index is 12.9. The Bertz CT molecular complexity index is 515. The highest BCUT2D eigenvalue weighted by atomic mass is 32.2. The predicted octanol–water partition coefficient (Wildman–Crippen LogP) is 0.534. The third-order valence-electron chi connectivity index (χ3n) is 1.59. The number of rotatable bonds is 2. The molecule has 0 atom stereocenters. The average Bonchev–Trinajstić information content (AvgIpc) is 2.23. The standard InChI is InChI=1S/C6H3F5N2O2S/c7-1-2(8)4(10)6(5(11)3(1)9)16(14,15)13-12/h13H,12H2. The van der Waals surface area contributed by atoms with Crippen LogP contribution < -0.4 is 10.7 Å². The SMILES string of the molecule is NNS(=O)(=O)c1c(F)c(F)c(F)c(F)c1F. The summed E-state index contributed by atoms with van der Waals surface area (Å²) in [5.41, 5.74) is 0. The van der Waals surface area contributed by atoms with Gasteiger partial charge in [0.1, 0.15) is 0 Å². The number of hydrogen-bond donors (Lipinski definition) is 2. The summed E-state index contributed by atoms with van der Waals surface area (Å²) in [6.45, 7) is 0. The van der Waals surface area contributed by atoms with Gasteiger partial charge in [0.05, 0.1) is 0 Å². The Morgan fingerprint density at radius 2 is 1.12 bits per heavy atom. The molecule has 1 aromatic carbocycles. The maximum Gasteiger partial charge on any atom is 0.259 e. The highest BCUT2D eigenvalue weighted by Crippen LogP contribution is 2.25. The maximum atomic E-state index is 12.9. The zero-order valence-electron chi connectivity index (χ0n) is 7.19. The van der Waals surface area contributed by atoms with Crippen LogP contribution in [0.3, 0.4) is 0 Å². The molecule has 0 unspecified atom stereocenters. The number of halogens is 5. The quantitative estimate of drug-likeness (QED) is 0.268. The first-order valence-electron chi connectivity index (χ1n) is 3.48. The molecule has 10 heteroatoms. The van der Waals surface area contributed by atoms with Gasteiger partial charge >= 0.3 is 0 Å². The Balaban J connectivity index is 3.79. The van der Waals surface area contributed by atoms with Crippen LogP contribution in [0.4, 0.5) is 22.0 Å². The minimum atomic E-state index is -4.99. The van der Waals surface area contributed by atoms with E-state index in [2.05, 4.69) is 5.84 Å². The summed E-state index contributed by atoms with van der Waals surface area (Å²) in [5, 5.41) is 0. The van der Waals surface area contributed by atoms with Crippen LogP contribution in [0.15, 0.2) is 4.90 Å². The molecular weight excluding hydrogens is 259 g/mol. The molecular formula is C6H3F5N2O2S. The predicted molar refractivity (Wildman–Crippen MR) is 40.7 cm³/mol. The largest absolute Gasteiger partial charge is 0.259 e. The van der Waals surface area contributed by atoms with Gasteiger partial charge in [0, 0.05) is 0 Å². The zero-order valence-corrected chi connectivity index (χ0v) is 8.01. The molecule has 1 rings (SSSR count). The van der Waals surface area contributed by atoms with Crippen LogP contribution in [-0.4, -0.2) is 8.42 Å². The molecule has 0 aromatic heterocycles. The second kappa shape index (κ2) is 3.96. The van der Waals surface area contributed by atoms with Crippen LogP contribution in [0, 0.1) is 29.1 Å². The van der Waals surface area contributed by atoms with Crippen LogP contribution in [0.5, 0.6) is 0 Å². The zero-order chi connectivity index (χ0) is 12.7. The monoisotopic (exact) mass is 262 g/mol. The van der Waals surface area contributed by atoms with Gasteiger partial charge in [0.25, 0.3) is 10.0 Å². The number of nitrogens with two attached hydrogens (primary N) is 1. The lowest BCUT2D eigenvalue weighted by atomic mass is 10.3. The molecule has 0 saturated heterocycles. The summed E-state index contributed by atoms with van der Waals surface area (Å²) in [6.07, 6.45) is 0. The van der Waals surface area contributed by atoms with E-state index in [0.717, 1.165) is 4.83 Å². The Morgan fingerprint density at radius 1 is 0.812 bits per heavy atom. The van der Waals surface area contributed by atoms with Crippen LogP contribution in [0.25, 0.3) is 0 Å². The number of hydrogen-bond acceptors (Lipinski definition) is 3. The van der Waals surface area contributed by atoms with Gasteiger partial charge in [-0.2, -0.15) is 0 Å². The molecule has 0 aliphatic rings. The Kier molecular flexibility index (Phi) is 3.17. The fourth-order valence-electron chi connectivity index (χ4n) is 0.880. The van der Waals surface area contributed by atoms with Gasteiger partial charge in [-0.3, -0.25) is 5.84 Å². The molecule has 16 heavy (non-hydrogen) atoms. The van der Waals surface area contributed by atoms with E-state index in [1.807, 2.05) is 0 Å². The van der Waals surface area contributed by atoms with Crippen LogP contribution in [-0.2, 0) is 10.0 Å². The molecule has 0 radical (unpaired) electrons. The summed E-state index contributed by atoms with van der Waals surface area (Å²) >= 11 is 0. The lowest BCUT2D eigenvalue weighted by Gasteiger charge is -2.07. The van der Waals surface area contributed by atoms with E-state index in [9.17, 15) is 30.4 Å². The van der Waals surface area contributed by atoms with Crippen molar-refractivity contribution in [3.8, 4) is 0 Å². The van der Waals surface area contributed by atoms with Crippen molar-refractivity contribution in [1.82, 2.24) is 4.83 Å². The Morgan fingerprint density at radius 3 is 1.44 bits per heavy atom. The smallest absolute Gasteiger partial charge is 0.257 e. The number of nitrogens with one attached hydrogen (secondary N) is 1. The van der Waals surface area contributed by atoms with Crippen LogP contribution >= 0.6 is 0 Å². The van der Waals surface area contributed by atoms with Crippen molar-refractivity contribution in [2.45, 2.75) is 4.90 Å². The number of sulfonamides is 1. The van der Waals surface area contributed by atoms with E-state index < -0.39 is 44.0 Å². The highest BCUT2D eigenvalue weighted by Gasteiger charge is 2.32. The lowest BCUT2D eigenvalue weighted by molar-refractivity contribution is 0.357. The molecule has 0 heterocycles. The molecule has 0 amide bonds. The molecule has 0 fully saturated rings. The van der Waals surface area contributed by atoms with E-state index in [0.29, 0.717) is 0 Å². The van der Waals surface area contributed by atoms with Gasteiger partial charge in [0.15, 0.2) is 28.2 Å². The van der Waals surface area contributed by atoms with E-state index in [1.54, 1.807) is 0 Å². The second-order valence-electron chi connectivity index (χ2n) is 2.52. The molecule has 0 aliphatic carbocycles. The van der Waals surface area contributed by atoms with Crippen LogP contribution in [0.1, 0.15) is 0 Å². The van der Waals surface area contributed by atoms with Gasteiger partial charge in [-0.05, 0) is 0 Å². The summed E-state index contributed by atoms with van der Waals surface area (Å²) in [6, 6.07) is 0. The molecule has 90 valence electrons. The van der Waals surface area contributed by atoms with Crippen molar-refractivity contribution in [2.75, 3.05) is 0 Å². The second-order valence-corrected chi connectivity index (χ2v) is 4.17. The summed E-state index contributed by atoms with van der Waals surface area (Å²) in [5.74, 6) is -7.74. The highest BCUT2D eigenvalue weighted by molar-refractivity contribution is 7.89. The Hall–Kier alpha value is -1.26. The summed E-state index contributed by atoms with van der Waals surface area (Å²) in [4.78, 5) is -1.07. The average molecular weight is 262 g/mol. The van der Waals surface area contributed by atoms with Gasteiger partial charge in [-0.15, -0.1) is 4.83 Å². The lowest BCUT2D eigenvalue weighted by Crippen LogP contribution is -2.32. The van der Waals surface area contributed by atoms with Gasteiger partial charge in [0.2, 0.25) is 5.82 Å². The first-order valence-corrected chi connectivity index (χ1v) is 4.96. The van der Waals surface area contributed by atoms with Crippen molar-refractivity contribution in [2.24, 2.45) is 5.84 Å². The summed E-state index contributed by atoms with van der Waals surface area (Å²) in [7, 11) is -4.99. The van der Waals surface area contributed by atoms with E-state index in [-0.39, 0.29) is 0 Å². The molecule has 0 bridgehead atoms. The molecule has 3 N–H and O–H groups in total. The Labute approximate surface area is 85.9 Å². The number of benzene rings is 1. The van der Waals surface area contributed by atoms with Crippen molar-refractivity contribution in [3.63, 3.8) is 0 Å². The molecule has 0 spiro atoms. The minimum Gasteiger partial charge on any atom is -0.257 e. The first-order chi connectivity index (χ1) is 7.24. The van der Waals surface area contributed by atoms with Gasteiger partial charge in [-0.1, -0.05) is 0 Å². The topological polar surface area (TPSA) is 72.2 Å². The normalized spacial score (nSPS) is 11.9. The molecule has 1 aromatic rings. The fraction of sp³-hybridized carbons (Fsp3) is 0.